The summed E-state index contributed by atoms with van der Waals surface area (Å²) in [5.74, 6) is 0.495. The second kappa shape index (κ2) is 7.84. The molecular weight excluding hydrogens is 378 g/mol. The summed E-state index contributed by atoms with van der Waals surface area (Å²) < 4.78 is 62.5. The Bertz CT molecular complexity index is 813. The number of rotatable bonds is 7. The first-order valence-electron chi connectivity index (χ1n) is 8.88. The zero-order valence-electron chi connectivity index (χ0n) is 14.8. The maximum absolute atomic E-state index is 13.2. The molecule has 1 aromatic carbocycles. The van der Waals surface area contributed by atoms with Crippen molar-refractivity contribution in [1.82, 2.24) is 4.31 Å². The Morgan fingerprint density at radius 2 is 1.96 bits per heavy atom. The van der Waals surface area contributed by atoms with Crippen LogP contribution in [0.2, 0.25) is 0 Å². The molecule has 3 rings (SSSR count). The fraction of sp³-hybridized carbons (Fsp3) is 0.647. The van der Waals surface area contributed by atoms with Crippen LogP contribution in [-0.4, -0.2) is 64.6 Å². The molecule has 0 aliphatic carbocycles. The number of nitrogens with zero attached hydrogens (tertiary/aromatic N) is 1. The van der Waals surface area contributed by atoms with E-state index in [4.69, 9.17) is 9.47 Å². The Morgan fingerprint density at radius 1 is 1.23 bits per heavy atom. The summed E-state index contributed by atoms with van der Waals surface area (Å²) in [6.07, 6.45) is 1.82. The van der Waals surface area contributed by atoms with Crippen molar-refractivity contribution in [2.24, 2.45) is 0 Å². The minimum absolute atomic E-state index is 0.0263. The molecule has 2 atom stereocenters. The summed E-state index contributed by atoms with van der Waals surface area (Å²) >= 11 is 0. The molecule has 0 spiro atoms. The van der Waals surface area contributed by atoms with Gasteiger partial charge >= 0.3 is 0 Å². The molecule has 7 nitrogen and oxygen atoms in total. The van der Waals surface area contributed by atoms with Gasteiger partial charge < -0.3 is 9.47 Å². The minimum atomic E-state index is -3.82. The lowest BCUT2D eigenvalue weighted by atomic mass is 10.2. The van der Waals surface area contributed by atoms with Gasteiger partial charge in [0.2, 0.25) is 10.0 Å². The molecule has 0 unspecified atom stereocenters. The number of hydrogen-bond acceptors (Lipinski definition) is 6. The quantitative estimate of drug-likeness (QED) is 0.684. The largest absolute Gasteiger partial charge is 0.494 e. The summed E-state index contributed by atoms with van der Waals surface area (Å²) in [6.45, 7) is 3.16. The lowest BCUT2D eigenvalue weighted by Gasteiger charge is -2.29. The Balaban J connectivity index is 1.88. The van der Waals surface area contributed by atoms with Gasteiger partial charge in [0.1, 0.15) is 5.75 Å². The van der Waals surface area contributed by atoms with Crippen LogP contribution in [0.4, 0.5) is 0 Å². The average Bonchev–Trinajstić information content (AvgIpc) is 3.22. The van der Waals surface area contributed by atoms with Crippen molar-refractivity contribution in [2.45, 2.75) is 43.2 Å². The Hall–Kier alpha value is -1.16. The van der Waals surface area contributed by atoms with Crippen LogP contribution in [0.1, 0.15) is 26.2 Å². The molecule has 0 saturated carbocycles. The third-order valence-electron chi connectivity index (χ3n) is 4.76. The average molecular weight is 404 g/mol. The summed E-state index contributed by atoms with van der Waals surface area (Å²) in [6, 6.07) is 5.71. The van der Waals surface area contributed by atoms with E-state index in [9.17, 15) is 16.8 Å². The molecule has 2 fully saturated rings. The Kier molecular flexibility index (Phi) is 5.91. The van der Waals surface area contributed by atoms with Crippen molar-refractivity contribution in [3.05, 3.63) is 24.3 Å². The van der Waals surface area contributed by atoms with E-state index >= 15 is 0 Å². The summed E-state index contributed by atoms with van der Waals surface area (Å²) in [4.78, 5) is 0.142. The maximum atomic E-state index is 13.2. The molecule has 0 aromatic heterocycles. The summed E-state index contributed by atoms with van der Waals surface area (Å²) in [5, 5.41) is 0. The summed E-state index contributed by atoms with van der Waals surface area (Å²) in [5.41, 5.74) is 0. The van der Waals surface area contributed by atoms with Gasteiger partial charge in [0.15, 0.2) is 9.84 Å². The van der Waals surface area contributed by atoms with Gasteiger partial charge in [-0.05, 0) is 50.5 Å². The third-order valence-corrected chi connectivity index (χ3v) is 8.45. The number of ether oxygens (including phenoxy) is 2. The van der Waals surface area contributed by atoms with Gasteiger partial charge in [-0.2, -0.15) is 4.31 Å². The van der Waals surface area contributed by atoms with Crippen LogP contribution >= 0.6 is 0 Å². The lowest BCUT2D eigenvalue weighted by molar-refractivity contribution is 0.0877. The number of sulfonamides is 1. The highest BCUT2D eigenvalue weighted by molar-refractivity contribution is 7.92. The first-order chi connectivity index (χ1) is 12.3. The van der Waals surface area contributed by atoms with E-state index in [-0.39, 0.29) is 29.0 Å². The second-order valence-electron chi connectivity index (χ2n) is 6.67. The monoisotopic (exact) mass is 403 g/mol. The van der Waals surface area contributed by atoms with Crippen molar-refractivity contribution < 1.29 is 26.3 Å². The second-order valence-corrected chi connectivity index (χ2v) is 10.8. The molecule has 2 aliphatic rings. The lowest BCUT2D eigenvalue weighted by Crippen LogP contribution is -2.45. The van der Waals surface area contributed by atoms with Crippen LogP contribution in [0.15, 0.2) is 29.2 Å². The van der Waals surface area contributed by atoms with Gasteiger partial charge in [0.05, 0.1) is 29.1 Å². The van der Waals surface area contributed by atoms with Crippen LogP contribution in [0.5, 0.6) is 5.75 Å². The predicted octanol–water partition coefficient (Wildman–Crippen LogP) is 1.44. The minimum Gasteiger partial charge on any atom is -0.494 e. The first-order valence-corrected chi connectivity index (χ1v) is 12.1. The predicted molar refractivity (Wildman–Crippen MR) is 97.5 cm³/mol. The van der Waals surface area contributed by atoms with Gasteiger partial charge in [-0.3, -0.25) is 0 Å². The number of sulfone groups is 1. The molecular formula is C17H25NO6S2. The van der Waals surface area contributed by atoms with Crippen molar-refractivity contribution in [1.29, 1.82) is 0 Å². The fourth-order valence-electron chi connectivity index (χ4n) is 3.44. The zero-order chi connectivity index (χ0) is 18.8. The highest BCUT2D eigenvalue weighted by Crippen LogP contribution is 2.28. The highest BCUT2D eigenvalue weighted by Gasteiger charge is 2.40. The van der Waals surface area contributed by atoms with E-state index in [1.807, 2.05) is 6.92 Å². The SMILES string of the molecule is CCOc1ccc(S(=O)(=O)N(C[C@H]2CCCO2)[C@@H]2CCS(=O)(=O)C2)cc1. The van der Waals surface area contributed by atoms with Crippen LogP contribution in [-0.2, 0) is 24.6 Å². The van der Waals surface area contributed by atoms with Gasteiger partial charge in [0, 0.05) is 19.2 Å². The van der Waals surface area contributed by atoms with Crippen molar-refractivity contribution >= 4 is 19.9 Å². The molecule has 2 heterocycles. The number of hydrogen-bond donors (Lipinski definition) is 0. The Morgan fingerprint density at radius 3 is 2.50 bits per heavy atom. The van der Waals surface area contributed by atoms with Crippen LogP contribution in [0.3, 0.4) is 0 Å². The van der Waals surface area contributed by atoms with Crippen LogP contribution < -0.4 is 4.74 Å². The van der Waals surface area contributed by atoms with Crippen molar-refractivity contribution in [2.75, 3.05) is 31.3 Å². The molecule has 1 aromatic rings. The molecule has 9 heteroatoms. The smallest absolute Gasteiger partial charge is 0.243 e. The van der Waals surface area contributed by atoms with E-state index in [2.05, 4.69) is 0 Å². The fourth-order valence-corrected chi connectivity index (χ4v) is 6.96. The highest BCUT2D eigenvalue weighted by atomic mass is 32.2. The normalized spacial score (nSPS) is 25.6. The number of benzene rings is 1. The topological polar surface area (TPSA) is 90.0 Å². The van der Waals surface area contributed by atoms with Crippen LogP contribution in [0, 0.1) is 0 Å². The molecule has 0 radical (unpaired) electrons. The first kappa shape index (κ1) is 19.6. The molecule has 146 valence electrons. The summed E-state index contributed by atoms with van der Waals surface area (Å²) in [7, 11) is -7.02. The Labute approximate surface area is 155 Å². The van der Waals surface area contributed by atoms with E-state index < -0.39 is 25.9 Å². The molecule has 26 heavy (non-hydrogen) atoms. The van der Waals surface area contributed by atoms with Gasteiger partial charge in [-0.15, -0.1) is 0 Å². The van der Waals surface area contributed by atoms with E-state index in [1.54, 1.807) is 12.1 Å². The van der Waals surface area contributed by atoms with Crippen molar-refractivity contribution in [3.63, 3.8) is 0 Å². The third kappa shape index (κ3) is 4.39. The standard InChI is InChI=1S/C17H25NO6S2/c1-2-23-15-5-7-17(8-6-15)26(21,22)18(12-16-4-3-10-24-16)14-9-11-25(19,20)13-14/h5-8,14,16H,2-4,9-13H2,1H3/t14-,16-/m1/s1. The zero-order valence-corrected chi connectivity index (χ0v) is 16.5. The van der Waals surface area contributed by atoms with Crippen LogP contribution in [0.25, 0.3) is 0 Å². The molecule has 2 saturated heterocycles. The van der Waals surface area contributed by atoms with Gasteiger partial charge in [-0.25, -0.2) is 16.8 Å². The molecule has 0 N–H and O–H groups in total. The van der Waals surface area contributed by atoms with E-state index in [0.717, 1.165) is 12.8 Å². The van der Waals surface area contributed by atoms with E-state index in [1.165, 1.54) is 16.4 Å². The van der Waals surface area contributed by atoms with Gasteiger partial charge in [-0.1, -0.05) is 0 Å². The molecule has 0 bridgehead atoms. The van der Waals surface area contributed by atoms with E-state index in [0.29, 0.717) is 25.4 Å². The maximum Gasteiger partial charge on any atom is 0.243 e. The van der Waals surface area contributed by atoms with Gasteiger partial charge in [0.25, 0.3) is 0 Å². The molecule has 0 amide bonds. The van der Waals surface area contributed by atoms with Crippen molar-refractivity contribution in [3.8, 4) is 5.75 Å². The molecule has 2 aliphatic heterocycles.